The summed E-state index contributed by atoms with van der Waals surface area (Å²) in [5.41, 5.74) is 1.96. The molecule has 0 fully saturated rings. The number of carbonyl (C=O) groups is 1. The first-order valence-electron chi connectivity index (χ1n) is 4.38. The molecule has 0 bridgehead atoms. The van der Waals surface area contributed by atoms with E-state index in [9.17, 15) is 4.79 Å². The number of hydrogen-bond donors (Lipinski definition) is 1. The number of aromatic nitrogens is 1. The van der Waals surface area contributed by atoms with E-state index in [2.05, 4.69) is 20.9 Å². The maximum atomic E-state index is 11.0. The Bertz CT molecular complexity index is 552. The van der Waals surface area contributed by atoms with Crippen LogP contribution in [0.3, 0.4) is 0 Å². The molecule has 2 aromatic rings. The Hall–Kier alpha value is -1.42. The minimum Gasteiger partial charge on any atom is -0.478 e. The Morgan fingerprint density at radius 1 is 1.40 bits per heavy atom. The first-order chi connectivity index (χ1) is 7.11. The molecule has 0 aliphatic heterocycles. The summed E-state index contributed by atoms with van der Waals surface area (Å²) < 4.78 is 0.797. The highest BCUT2D eigenvalue weighted by atomic mass is 79.9. The van der Waals surface area contributed by atoms with Crippen molar-refractivity contribution in [1.82, 2.24) is 4.98 Å². The Morgan fingerprint density at radius 3 is 2.80 bits per heavy atom. The average Bonchev–Trinajstić information content (AvgIpc) is 2.23. The van der Waals surface area contributed by atoms with Crippen LogP contribution in [0.25, 0.3) is 10.9 Å². The van der Waals surface area contributed by atoms with E-state index in [-0.39, 0.29) is 5.56 Å². The second kappa shape index (κ2) is 3.62. The van der Waals surface area contributed by atoms with Gasteiger partial charge in [-0.15, -0.1) is 0 Å². The molecule has 15 heavy (non-hydrogen) atoms. The third kappa shape index (κ3) is 1.61. The molecule has 0 unspecified atom stereocenters. The molecule has 0 amide bonds. The quantitative estimate of drug-likeness (QED) is 0.863. The van der Waals surface area contributed by atoms with Crippen molar-refractivity contribution < 1.29 is 9.90 Å². The third-order valence-corrected chi connectivity index (χ3v) is 3.29. The van der Waals surface area contributed by atoms with Gasteiger partial charge in [0.05, 0.1) is 11.1 Å². The number of aromatic carboxylic acids is 1. The van der Waals surface area contributed by atoms with Gasteiger partial charge in [-0.05, 0) is 40.5 Å². The fourth-order valence-electron chi connectivity index (χ4n) is 1.49. The van der Waals surface area contributed by atoms with Crippen LogP contribution in [-0.4, -0.2) is 16.1 Å². The van der Waals surface area contributed by atoms with E-state index in [1.54, 1.807) is 0 Å². The molecule has 0 aliphatic carbocycles. The fourth-order valence-corrected chi connectivity index (χ4v) is 2.04. The van der Waals surface area contributed by atoms with E-state index in [0.29, 0.717) is 10.9 Å². The third-order valence-electron chi connectivity index (χ3n) is 2.27. The zero-order chi connectivity index (χ0) is 11.0. The number of aryl methyl sites for hydroxylation is 1. The predicted molar refractivity (Wildman–Crippen MR) is 61.1 cm³/mol. The van der Waals surface area contributed by atoms with E-state index in [4.69, 9.17) is 5.11 Å². The van der Waals surface area contributed by atoms with Gasteiger partial charge in [-0.2, -0.15) is 0 Å². The van der Waals surface area contributed by atoms with E-state index >= 15 is 0 Å². The SMILES string of the molecule is Cc1ccc2nccc(C(=O)O)c2c1Br. The van der Waals surface area contributed by atoms with E-state index < -0.39 is 5.97 Å². The summed E-state index contributed by atoms with van der Waals surface area (Å²) in [6, 6.07) is 5.24. The van der Waals surface area contributed by atoms with Crippen LogP contribution < -0.4 is 0 Å². The van der Waals surface area contributed by atoms with Gasteiger partial charge < -0.3 is 5.11 Å². The molecule has 1 aromatic heterocycles. The summed E-state index contributed by atoms with van der Waals surface area (Å²) in [6.45, 7) is 1.92. The Morgan fingerprint density at radius 2 is 2.13 bits per heavy atom. The van der Waals surface area contributed by atoms with Crippen LogP contribution in [0.5, 0.6) is 0 Å². The lowest BCUT2D eigenvalue weighted by molar-refractivity contribution is 0.0699. The van der Waals surface area contributed by atoms with Crippen molar-refractivity contribution in [1.29, 1.82) is 0 Å². The van der Waals surface area contributed by atoms with Gasteiger partial charge in [0.2, 0.25) is 0 Å². The zero-order valence-electron chi connectivity index (χ0n) is 7.99. The number of benzene rings is 1. The van der Waals surface area contributed by atoms with Gasteiger partial charge in [0.1, 0.15) is 0 Å². The van der Waals surface area contributed by atoms with Crippen LogP contribution in [0.2, 0.25) is 0 Å². The summed E-state index contributed by atoms with van der Waals surface area (Å²) in [4.78, 5) is 15.2. The highest BCUT2D eigenvalue weighted by Crippen LogP contribution is 2.28. The second-order valence-electron chi connectivity index (χ2n) is 3.25. The molecule has 2 rings (SSSR count). The topological polar surface area (TPSA) is 50.2 Å². The lowest BCUT2D eigenvalue weighted by atomic mass is 10.1. The molecule has 0 saturated heterocycles. The summed E-state index contributed by atoms with van der Waals surface area (Å²) >= 11 is 3.40. The van der Waals surface area contributed by atoms with Crippen LogP contribution in [0, 0.1) is 6.92 Å². The van der Waals surface area contributed by atoms with Crippen LogP contribution >= 0.6 is 15.9 Å². The number of carboxylic acid groups (broad SMARTS) is 1. The molecule has 1 N–H and O–H groups in total. The fraction of sp³-hybridized carbons (Fsp3) is 0.0909. The molecular weight excluding hydrogens is 258 g/mol. The van der Waals surface area contributed by atoms with Crippen molar-refractivity contribution in [2.24, 2.45) is 0 Å². The number of rotatable bonds is 1. The molecule has 76 valence electrons. The first-order valence-corrected chi connectivity index (χ1v) is 5.17. The van der Waals surface area contributed by atoms with Crippen LogP contribution in [0.4, 0.5) is 0 Å². The Kier molecular flexibility index (Phi) is 2.44. The highest BCUT2D eigenvalue weighted by molar-refractivity contribution is 9.10. The number of nitrogens with zero attached hydrogens (tertiary/aromatic N) is 1. The summed E-state index contributed by atoms with van der Waals surface area (Å²) in [6.07, 6.45) is 1.51. The minimum absolute atomic E-state index is 0.274. The van der Waals surface area contributed by atoms with E-state index in [1.807, 2.05) is 19.1 Å². The predicted octanol–water partition coefficient (Wildman–Crippen LogP) is 3.00. The van der Waals surface area contributed by atoms with Crippen molar-refractivity contribution >= 4 is 32.8 Å². The second-order valence-corrected chi connectivity index (χ2v) is 4.05. The molecule has 0 radical (unpaired) electrons. The smallest absolute Gasteiger partial charge is 0.336 e. The average molecular weight is 266 g/mol. The maximum absolute atomic E-state index is 11.0. The molecule has 0 saturated carbocycles. The zero-order valence-corrected chi connectivity index (χ0v) is 9.58. The molecule has 4 heteroatoms. The monoisotopic (exact) mass is 265 g/mol. The van der Waals surface area contributed by atoms with Crippen LogP contribution in [-0.2, 0) is 0 Å². The van der Waals surface area contributed by atoms with Crippen LogP contribution in [0.15, 0.2) is 28.9 Å². The molecule has 0 spiro atoms. The summed E-state index contributed by atoms with van der Waals surface area (Å²) in [7, 11) is 0. The molecular formula is C11H8BrNO2. The molecule has 1 heterocycles. The highest BCUT2D eigenvalue weighted by Gasteiger charge is 2.12. The largest absolute Gasteiger partial charge is 0.478 e. The normalized spacial score (nSPS) is 10.5. The van der Waals surface area contributed by atoms with Crippen molar-refractivity contribution in [2.45, 2.75) is 6.92 Å². The van der Waals surface area contributed by atoms with Crippen molar-refractivity contribution in [2.75, 3.05) is 0 Å². The number of fused-ring (bicyclic) bond motifs is 1. The van der Waals surface area contributed by atoms with E-state index in [1.165, 1.54) is 12.3 Å². The van der Waals surface area contributed by atoms with E-state index in [0.717, 1.165) is 10.0 Å². The van der Waals surface area contributed by atoms with Crippen molar-refractivity contribution in [3.05, 3.63) is 40.0 Å². The number of hydrogen-bond acceptors (Lipinski definition) is 2. The van der Waals surface area contributed by atoms with Gasteiger partial charge in [-0.1, -0.05) is 6.07 Å². The standard InChI is InChI=1S/C11H8BrNO2/c1-6-2-3-8-9(10(6)12)7(11(14)15)4-5-13-8/h2-5H,1H3,(H,14,15). The molecule has 1 aromatic carbocycles. The summed E-state index contributed by atoms with van der Waals surface area (Å²) in [5, 5.41) is 9.71. The number of pyridine rings is 1. The first kappa shape index (κ1) is 10.1. The van der Waals surface area contributed by atoms with Gasteiger partial charge in [0.15, 0.2) is 0 Å². The molecule has 0 atom stereocenters. The van der Waals surface area contributed by atoms with Crippen LogP contribution in [0.1, 0.15) is 15.9 Å². The van der Waals surface area contributed by atoms with Gasteiger partial charge in [-0.25, -0.2) is 4.79 Å². The number of halogens is 1. The van der Waals surface area contributed by atoms with Gasteiger partial charge in [-0.3, -0.25) is 4.98 Å². The van der Waals surface area contributed by atoms with Crippen molar-refractivity contribution in [3.63, 3.8) is 0 Å². The minimum atomic E-state index is -0.936. The number of carboxylic acids is 1. The van der Waals surface area contributed by atoms with Crippen molar-refractivity contribution in [3.8, 4) is 0 Å². The lowest BCUT2D eigenvalue weighted by Gasteiger charge is -2.06. The molecule has 0 aliphatic rings. The Labute approximate surface area is 94.9 Å². The lowest BCUT2D eigenvalue weighted by Crippen LogP contribution is -1.99. The van der Waals surface area contributed by atoms with Gasteiger partial charge in [0, 0.05) is 16.1 Å². The van der Waals surface area contributed by atoms with Gasteiger partial charge in [0.25, 0.3) is 0 Å². The maximum Gasteiger partial charge on any atom is 0.336 e. The molecule has 3 nitrogen and oxygen atoms in total. The van der Waals surface area contributed by atoms with Gasteiger partial charge >= 0.3 is 5.97 Å². The Balaban J connectivity index is 2.94. The summed E-state index contributed by atoms with van der Waals surface area (Å²) in [5.74, 6) is -0.936.